The molecule has 0 radical (unpaired) electrons. The Morgan fingerprint density at radius 1 is 1.40 bits per heavy atom. The Labute approximate surface area is 87.2 Å². The number of hydrogen-bond donors (Lipinski definition) is 1. The zero-order chi connectivity index (χ0) is 10.9. The molecule has 15 heavy (non-hydrogen) atoms. The highest BCUT2D eigenvalue weighted by Gasteiger charge is 2.25. The van der Waals surface area contributed by atoms with Crippen LogP contribution in [0.25, 0.3) is 0 Å². The SMILES string of the molecule is CC(F)(F)Oc1cccc2c1CCCN2. The van der Waals surface area contributed by atoms with Crippen molar-refractivity contribution in [1.82, 2.24) is 0 Å². The average molecular weight is 213 g/mol. The van der Waals surface area contributed by atoms with Gasteiger partial charge in [-0.15, -0.1) is 0 Å². The predicted molar refractivity (Wildman–Crippen MR) is 54.5 cm³/mol. The van der Waals surface area contributed by atoms with Crippen molar-refractivity contribution in [3.63, 3.8) is 0 Å². The van der Waals surface area contributed by atoms with Gasteiger partial charge in [-0.3, -0.25) is 0 Å². The monoisotopic (exact) mass is 213 g/mol. The minimum absolute atomic E-state index is 0.284. The molecule has 1 aliphatic heterocycles. The van der Waals surface area contributed by atoms with Gasteiger partial charge in [-0.2, -0.15) is 8.78 Å². The third-order valence-electron chi connectivity index (χ3n) is 2.34. The van der Waals surface area contributed by atoms with Crippen molar-refractivity contribution in [2.24, 2.45) is 0 Å². The number of rotatable bonds is 2. The molecule has 1 heterocycles. The van der Waals surface area contributed by atoms with E-state index in [1.165, 1.54) is 0 Å². The Bertz CT molecular complexity index is 360. The zero-order valence-electron chi connectivity index (χ0n) is 8.52. The molecular weight excluding hydrogens is 200 g/mol. The van der Waals surface area contributed by atoms with Crippen LogP contribution in [0.5, 0.6) is 5.75 Å². The fraction of sp³-hybridized carbons (Fsp3) is 0.455. The number of fused-ring (bicyclic) bond motifs is 1. The van der Waals surface area contributed by atoms with Crippen LogP contribution in [-0.4, -0.2) is 12.7 Å². The molecule has 1 aromatic carbocycles. The van der Waals surface area contributed by atoms with Crippen molar-refractivity contribution in [3.8, 4) is 5.75 Å². The van der Waals surface area contributed by atoms with Crippen LogP contribution in [0, 0.1) is 0 Å². The van der Waals surface area contributed by atoms with Crippen LogP contribution in [0.15, 0.2) is 18.2 Å². The van der Waals surface area contributed by atoms with Crippen molar-refractivity contribution in [2.45, 2.75) is 25.9 Å². The second-order valence-corrected chi connectivity index (χ2v) is 3.72. The summed E-state index contributed by atoms with van der Waals surface area (Å²) in [6.07, 6.45) is -1.39. The van der Waals surface area contributed by atoms with Crippen molar-refractivity contribution in [3.05, 3.63) is 23.8 Å². The standard InChI is InChI=1S/C11H13F2NO/c1-11(12,13)15-10-6-2-5-9-8(10)4-3-7-14-9/h2,5-6,14H,3-4,7H2,1H3. The zero-order valence-corrected chi connectivity index (χ0v) is 8.52. The maximum absolute atomic E-state index is 12.7. The molecule has 0 atom stereocenters. The lowest BCUT2D eigenvalue weighted by Gasteiger charge is -2.22. The fourth-order valence-electron chi connectivity index (χ4n) is 1.77. The topological polar surface area (TPSA) is 21.3 Å². The third-order valence-corrected chi connectivity index (χ3v) is 2.34. The highest BCUT2D eigenvalue weighted by molar-refractivity contribution is 5.59. The van der Waals surface area contributed by atoms with Gasteiger partial charge in [0.25, 0.3) is 0 Å². The molecule has 2 nitrogen and oxygen atoms in total. The molecule has 0 amide bonds. The van der Waals surface area contributed by atoms with Gasteiger partial charge in [-0.1, -0.05) is 6.07 Å². The van der Waals surface area contributed by atoms with Crippen LogP contribution < -0.4 is 10.1 Å². The molecule has 1 aromatic rings. The van der Waals surface area contributed by atoms with E-state index in [1.807, 2.05) is 6.07 Å². The second kappa shape index (κ2) is 3.68. The van der Waals surface area contributed by atoms with E-state index in [4.69, 9.17) is 0 Å². The van der Waals surface area contributed by atoms with E-state index in [2.05, 4.69) is 10.1 Å². The van der Waals surface area contributed by atoms with Crippen LogP contribution in [0.3, 0.4) is 0 Å². The largest absolute Gasteiger partial charge is 0.432 e. The van der Waals surface area contributed by atoms with Crippen LogP contribution in [0.2, 0.25) is 0 Å². The summed E-state index contributed by atoms with van der Waals surface area (Å²) in [7, 11) is 0. The number of nitrogens with one attached hydrogen (secondary N) is 1. The summed E-state index contributed by atoms with van der Waals surface area (Å²) in [4.78, 5) is 0. The second-order valence-electron chi connectivity index (χ2n) is 3.72. The Balaban J connectivity index is 2.31. The van der Waals surface area contributed by atoms with Crippen molar-refractivity contribution in [2.75, 3.05) is 11.9 Å². The number of ether oxygens (including phenoxy) is 1. The Kier molecular flexibility index (Phi) is 2.50. The molecule has 1 N–H and O–H groups in total. The summed E-state index contributed by atoms with van der Waals surface area (Å²) >= 11 is 0. The third kappa shape index (κ3) is 2.37. The Morgan fingerprint density at radius 3 is 2.93 bits per heavy atom. The molecule has 0 aliphatic carbocycles. The van der Waals surface area contributed by atoms with E-state index in [-0.39, 0.29) is 5.75 Å². The molecule has 0 unspecified atom stereocenters. The summed E-state index contributed by atoms with van der Waals surface area (Å²) < 4.78 is 30.1. The highest BCUT2D eigenvalue weighted by atomic mass is 19.3. The Hall–Kier alpha value is -1.32. The molecule has 82 valence electrons. The highest BCUT2D eigenvalue weighted by Crippen LogP contribution is 2.33. The fourth-order valence-corrected chi connectivity index (χ4v) is 1.77. The number of anilines is 1. The van der Waals surface area contributed by atoms with E-state index in [0.29, 0.717) is 0 Å². The maximum atomic E-state index is 12.7. The first-order valence-electron chi connectivity index (χ1n) is 4.99. The van der Waals surface area contributed by atoms with Crippen LogP contribution in [0.1, 0.15) is 18.9 Å². The first kappa shape index (κ1) is 10.2. The summed E-state index contributed by atoms with van der Waals surface area (Å²) in [5, 5.41) is 3.16. The Morgan fingerprint density at radius 2 is 2.20 bits per heavy atom. The molecule has 0 saturated heterocycles. The number of benzene rings is 1. The van der Waals surface area contributed by atoms with E-state index in [0.717, 1.165) is 37.6 Å². The van der Waals surface area contributed by atoms with Gasteiger partial charge in [0, 0.05) is 24.7 Å². The lowest BCUT2D eigenvalue weighted by molar-refractivity contribution is -0.159. The smallest absolute Gasteiger partial charge is 0.394 e. The molecule has 0 spiro atoms. The van der Waals surface area contributed by atoms with Gasteiger partial charge in [0.05, 0.1) is 0 Å². The normalized spacial score (nSPS) is 15.4. The quantitative estimate of drug-likeness (QED) is 0.815. The van der Waals surface area contributed by atoms with E-state index < -0.39 is 6.11 Å². The van der Waals surface area contributed by atoms with Gasteiger partial charge in [0.2, 0.25) is 0 Å². The number of hydrogen-bond acceptors (Lipinski definition) is 2. The lowest BCUT2D eigenvalue weighted by Crippen LogP contribution is -2.21. The van der Waals surface area contributed by atoms with Gasteiger partial charge in [0.1, 0.15) is 5.75 Å². The van der Waals surface area contributed by atoms with Crippen molar-refractivity contribution in [1.29, 1.82) is 0 Å². The number of alkyl halides is 2. The minimum Gasteiger partial charge on any atom is -0.432 e. The molecule has 0 fully saturated rings. The number of halogens is 2. The van der Waals surface area contributed by atoms with Crippen LogP contribution >= 0.6 is 0 Å². The van der Waals surface area contributed by atoms with Gasteiger partial charge >= 0.3 is 6.11 Å². The van der Waals surface area contributed by atoms with Crippen LogP contribution in [0.4, 0.5) is 14.5 Å². The van der Waals surface area contributed by atoms with E-state index in [1.54, 1.807) is 12.1 Å². The molecule has 4 heteroatoms. The maximum Gasteiger partial charge on any atom is 0.394 e. The van der Waals surface area contributed by atoms with Gasteiger partial charge in [-0.05, 0) is 25.0 Å². The summed E-state index contributed by atoms with van der Waals surface area (Å²) in [5.74, 6) is 0.284. The predicted octanol–water partition coefficient (Wildman–Crippen LogP) is 3.04. The average Bonchev–Trinajstić information content (AvgIpc) is 2.16. The molecule has 1 aliphatic rings. The summed E-state index contributed by atoms with van der Waals surface area (Å²) in [5.41, 5.74) is 1.76. The van der Waals surface area contributed by atoms with E-state index in [9.17, 15) is 8.78 Å². The first-order chi connectivity index (χ1) is 7.06. The van der Waals surface area contributed by atoms with Gasteiger partial charge in [0.15, 0.2) is 0 Å². The van der Waals surface area contributed by atoms with Crippen molar-refractivity contribution < 1.29 is 13.5 Å². The first-order valence-corrected chi connectivity index (χ1v) is 4.99. The van der Waals surface area contributed by atoms with Crippen molar-refractivity contribution >= 4 is 5.69 Å². The summed E-state index contributed by atoms with van der Waals surface area (Å²) in [6.45, 7) is 1.64. The lowest BCUT2D eigenvalue weighted by atomic mass is 10.0. The summed E-state index contributed by atoms with van der Waals surface area (Å²) in [6, 6.07) is 5.19. The molecule has 2 rings (SSSR count). The molecule has 0 bridgehead atoms. The molecular formula is C11H13F2NO. The van der Waals surface area contributed by atoms with Gasteiger partial charge in [-0.25, -0.2) is 0 Å². The molecule has 0 aromatic heterocycles. The molecule has 0 saturated carbocycles. The van der Waals surface area contributed by atoms with Gasteiger partial charge < -0.3 is 10.1 Å². The minimum atomic E-state index is -3.12. The van der Waals surface area contributed by atoms with Crippen LogP contribution in [-0.2, 0) is 6.42 Å². The van der Waals surface area contributed by atoms with E-state index >= 15 is 0 Å².